The van der Waals surface area contributed by atoms with Gasteiger partial charge in [-0.1, -0.05) is 89.6 Å². The fourth-order valence-corrected chi connectivity index (χ4v) is 5.02. The third-order valence-electron chi connectivity index (χ3n) is 7.57. The predicted molar refractivity (Wildman–Crippen MR) is 179 cm³/mol. The second kappa shape index (κ2) is 13.7. The lowest BCUT2D eigenvalue weighted by Gasteiger charge is -2.21. The summed E-state index contributed by atoms with van der Waals surface area (Å²) in [6.07, 6.45) is 0. The topological polar surface area (TPSA) is 126 Å². The van der Waals surface area contributed by atoms with Crippen molar-refractivity contribution >= 4 is 23.5 Å². The number of amides is 2. The number of carboxylic acids is 1. The Morgan fingerprint density at radius 3 is 1.94 bits per heavy atom. The van der Waals surface area contributed by atoms with Crippen molar-refractivity contribution in [2.75, 3.05) is 11.9 Å². The summed E-state index contributed by atoms with van der Waals surface area (Å²) in [6, 6.07) is 38.6. The van der Waals surface area contributed by atoms with Crippen molar-refractivity contribution in [1.29, 1.82) is 0 Å². The first-order valence-corrected chi connectivity index (χ1v) is 14.9. The van der Waals surface area contributed by atoms with Gasteiger partial charge in [0.2, 0.25) is 5.82 Å². The molecule has 5 aromatic carbocycles. The zero-order chi connectivity index (χ0) is 32.8. The molecule has 0 saturated heterocycles. The molecule has 47 heavy (non-hydrogen) atoms. The van der Waals surface area contributed by atoms with Gasteiger partial charge in [0.05, 0.1) is 0 Å². The molecule has 2 N–H and O–H groups in total. The van der Waals surface area contributed by atoms with Crippen molar-refractivity contribution < 1.29 is 24.0 Å². The molecule has 6 aromatic rings. The second-order valence-corrected chi connectivity index (χ2v) is 11.0. The maximum atomic E-state index is 13.3. The van der Waals surface area contributed by atoms with Crippen LogP contribution in [0.15, 0.2) is 132 Å². The lowest BCUT2D eigenvalue weighted by atomic mass is 10.0. The van der Waals surface area contributed by atoms with Crippen LogP contribution in [0.3, 0.4) is 0 Å². The highest BCUT2D eigenvalue weighted by atomic mass is 16.5. The Kier molecular flexibility index (Phi) is 8.97. The van der Waals surface area contributed by atoms with E-state index in [0.29, 0.717) is 34.1 Å². The molecule has 0 saturated carbocycles. The summed E-state index contributed by atoms with van der Waals surface area (Å²) in [6.45, 7) is 1.65. The van der Waals surface area contributed by atoms with Crippen LogP contribution in [0, 0.1) is 6.92 Å². The Balaban J connectivity index is 1.11. The maximum Gasteiger partial charge on any atom is 0.323 e. The van der Waals surface area contributed by atoms with Gasteiger partial charge in [-0.25, -0.2) is 0 Å². The number of carbonyl (C=O) groups is 3. The third-order valence-corrected chi connectivity index (χ3v) is 7.57. The van der Waals surface area contributed by atoms with Gasteiger partial charge in [-0.15, -0.1) is 0 Å². The van der Waals surface area contributed by atoms with Crippen molar-refractivity contribution in [2.45, 2.75) is 13.5 Å². The van der Waals surface area contributed by atoms with E-state index in [9.17, 15) is 19.5 Å². The van der Waals surface area contributed by atoms with E-state index in [2.05, 4.69) is 46.6 Å². The number of hydrogen-bond donors (Lipinski definition) is 2. The fourth-order valence-electron chi connectivity index (χ4n) is 5.02. The highest BCUT2D eigenvalue weighted by Crippen LogP contribution is 2.26. The predicted octanol–water partition coefficient (Wildman–Crippen LogP) is 7.36. The molecule has 0 spiro atoms. The standard InChI is InChI=1S/C38H30N4O5/c1-25-7-11-27(12-8-25)28-15-17-31(18-16-28)37-40-35(41-47-37)29-13-9-26(10-14-29)23-42(24-34(43)44)38(46)32-19-21-33(22-20-32)39-36(45)30-5-3-2-4-6-30/h2-22H,23-24H2,1H3,(H,39,45)(H,43,44). The molecule has 0 aliphatic carbocycles. The van der Waals surface area contributed by atoms with E-state index < -0.39 is 18.4 Å². The Hall–Kier alpha value is -6.35. The Labute approximate surface area is 271 Å². The molecular weight excluding hydrogens is 592 g/mol. The summed E-state index contributed by atoms with van der Waals surface area (Å²) in [4.78, 5) is 43.2. The highest BCUT2D eigenvalue weighted by molar-refractivity contribution is 6.04. The SMILES string of the molecule is Cc1ccc(-c2ccc(-c3nc(-c4ccc(CN(CC(=O)O)C(=O)c5ccc(NC(=O)c6ccccc6)cc5)cc4)no3)cc2)cc1. The Bertz CT molecular complexity index is 2000. The van der Waals surface area contributed by atoms with Gasteiger partial charge in [-0.2, -0.15) is 4.98 Å². The highest BCUT2D eigenvalue weighted by Gasteiger charge is 2.20. The molecule has 0 fully saturated rings. The van der Waals surface area contributed by atoms with E-state index in [4.69, 9.17) is 4.52 Å². The van der Waals surface area contributed by atoms with E-state index in [1.807, 2.05) is 30.3 Å². The number of nitrogens with zero attached hydrogens (tertiary/aromatic N) is 3. The average molecular weight is 623 g/mol. The summed E-state index contributed by atoms with van der Waals surface area (Å²) in [5.74, 6) is -1.05. The number of carboxylic acid groups (broad SMARTS) is 1. The average Bonchev–Trinajstić information content (AvgIpc) is 3.59. The molecule has 9 nitrogen and oxygen atoms in total. The van der Waals surface area contributed by atoms with Crippen LogP contribution < -0.4 is 5.32 Å². The van der Waals surface area contributed by atoms with Gasteiger partial charge in [-0.3, -0.25) is 14.4 Å². The second-order valence-electron chi connectivity index (χ2n) is 11.0. The smallest absolute Gasteiger partial charge is 0.323 e. The van der Waals surface area contributed by atoms with Crippen molar-refractivity contribution in [3.63, 3.8) is 0 Å². The molecule has 1 aromatic heterocycles. The summed E-state index contributed by atoms with van der Waals surface area (Å²) in [5, 5.41) is 16.4. The summed E-state index contributed by atoms with van der Waals surface area (Å²) >= 11 is 0. The van der Waals surface area contributed by atoms with Gasteiger partial charge in [0, 0.05) is 34.5 Å². The number of benzene rings is 5. The van der Waals surface area contributed by atoms with Crippen LogP contribution in [-0.2, 0) is 11.3 Å². The largest absolute Gasteiger partial charge is 0.480 e. The Morgan fingerprint density at radius 2 is 1.30 bits per heavy atom. The zero-order valence-corrected chi connectivity index (χ0v) is 25.5. The lowest BCUT2D eigenvalue weighted by molar-refractivity contribution is -0.137. The number of carbonyl (C=O) groups excluding carboxylic acids is 2. The monoisotopic (exact) mass is 622 g/mol. The minimum atomic E-state index is -1.13. The molecule has 2 amide bonds. The van der Waals surface area contributed by atoms with Crippen LogP contribution in [0.5, 0.6) is 0 Å². The number of hydrogen-bond acceptors (Lipinski definition) is 6. The van der Waals surface area contributed by atoms with E-state index in [0.717, 1.165) is 22.3 Å². The number of rotatable bonds is 10. The van der Waals surface area contributed by atoms with Crippen molar-refractivity contribution in [1.82, 2.24) is 15.0 Å². The first-order chi connectivity index (χ1) is 22.8. The zero-order valence-electron chi connectivity index (χ0n) is 25.5. The van der Waals surface area contributed by atoms with Gasteiger partial charge in [0.15, 0.2) is 0 Å². The molecule has 9 heteroatoms. The normalized spacial score (nSPS) is 10.7. The van der Waals surface area contributed by atoms with Gasteiger partial charge >= 0.3 is 5.97 Å². The van der Waals surface area contributed by atoms with Crippen molar-refractivity contribution in [3.05, 3.63) is 150 Å². The minimum absolute atomic E-state index is 0.0722. The lowest BCUT2D eigenvalue weighted by Crippen LogP contribution is -2.35. The van der Waals surface area contributed by atoms with Gasteiger partial charge < -0.3 is 19.8 Å². The quantitative estimate of drug-likeness (QED) is 0.164. The fraction of sp³-hybridized carbons (Fsp3) is 0.0789. The van der Waals surface area contributed by atoms with Crippen LogP contribution in [0.25, 0.3) is 34.0 Å². The summed E-state index contributed by atoms with van der Waals surface area (Å²) in [7, 11) is 0. The van der Waals surface area contributed by atoms with Crippen molar-refractivity contribution in [3.8, 4) is 34.0 Å². The summed E-state index contributed by atoms with van der Waals surface area (Å²) in [5.41, 5.74) is 6.97. The molecule has 0 atom stereocenters. The molecule has 6 rings (SSSR count). The number of aryl methyl sites for hydroxylation is 1. The molecule has 1 heterocycles. The third kappa shape index (κ3) is 7.49. The molecule has 232 valence electrons. The van der Waals surface area contributed by atoms with Crippen LogP contribution in [0.4, 0.5) is 5.69 Å². The number of aromatic nitrogens is 2. The number of nitrogens with one attached hydrogen (secondary N) is 1. The van der Waals surface area contributed by atoms with Crippen LogP contribution in [-0.4, -0.2) is 44.5 Å². The van der Waals surface area contributed by atoms with Gasteiger partial charge in [0.1, 0.15) is 6.54 Å². The van der Waals surface area contributed by atoms with Gasteiger partial charge in [0.25, 0.3) is 17.7 Å². The molecule has 0 bridgehead atoms. The number of anilines is 1. The number of aliphatic carboxylic acids is 1. The van der Waals surface area contributed by atoms with Crippen LogP contribution in [0.1, 0.15) is 31.8 Å². The van der Waals surface area contributed by atoms with Crippen molar-refractivity contribution in [2.24, 2.45) is 0 Å². The first-order valence-electron chi connectivity index (χ1n) is 14.9. The molecule has 0 aliphatic rings. The van der Waals surface area contributed by atoms with Crippen LogP contribution in [0.2, 0.25) is 0 Å². The first kappa shape index (κ1) is 30.7. The minimum Gasteiger partial charge on any atom is -0.480 e. The van der Waals surface area contributed by atoms with Gasteiger partial charge in [-0.05, 0) is 72.1 Å². The maximum absolute atomic E-state index is 13.3. The van der Waals surface area contributed by atoms with E-state index in [1.54, 1.807) is 72.8 Å². The van der Waals surface area contributed by atoms with Crippen LogP contribution >= 0.6 is 0 Å². The molecular formula is C38H30N4O5. The van der Waals surface area contributed by atoms with E-state index >= 15 is 0 Å². The van der Waals surface area contributed by atoms with E-state index in [-0.39, 0.29) is 12.5 Å². The molecule has 0 unspecified atom stereocenters. The summed E-state index contributed by atoms with van der Waals surface area (Å²) < 4.78 is 5.54. The molecule has 0 aliphatic heterocycles. The van der Waals surface area contributed by atoms with E-state index in [1.165, 1.54) is 10.5 Å². The molecule has 0 radical (unpaired) electrons. The Morgan fingerprint density at radius 1 is 0.702 bits per heavy atom.